The maximum atomic E-state index is 12.7. The number of carboxylic acids is 1. The van der Waals surface area contributed by atoms with Gasteiger partial charge in [0.15, 0.2) is 11.5 Å². The molecule has 12 heteroatoms. The highest BCUT2D eigenvalue weighted by atomic mass is 16.5. The number of pyridine rings is 1. The highest BCUT2D eigenvalue weighted by Gasteiger charge is 2.22. The van der Waals surface area contributed by atoms with Gasteiger partial charge in [0.1, 0.15) is 5.69 Å². The monoisotopic (exact) mass is 661 g/mol. The molecule has 0 saturated carbocycles. The van der Waals surface area contributed by atoms with Gasteiger partial charge in [0.25, 0.3) is 17.4 Å². The molecule has 6 rings (SSSR count). The minimum absolute atomic E-state index is 0.0892. The van der Waals surface area contributed by atoms with Crippen molar-refractivity contribution in [2.45, 2.75) is 19.3 Å². The van der Waals surface area contributed by atoms with Gasteiger partial charge in [-0.05, 0) is 65.5 Å². The van der Waals surface area contributed by atoms with Crippen molar-refractivity contribution >= 4 is 45.1 Å². The van der Waals surface area contributed by atoms with E-state index in [1.807, 2.05) is 30.3 Å². The number of carbonyl (C=O) groups excluding carboxylic acids is 2. The third-order valence-electron chi connectivity index (χ3n) is 7.95. The molecule has 2 heterocycles. The lowest BCUT2D eigenvalue weighted by Crippen LogP contribution is -2.36. The van der Waals surface area contributed by atoms with Gasteiger partial charge >= 0.3 is 5.97 Å². The lowest BCUT2D eigenvalue weighted by atomic mass is 9.84. The molecule has 6 aromatic rings. The molecule has 2 aromatic heterocycles. The highest BCUT2D eigenvalue weighted by Crippen LogP contribution is 2.28. The normalized spacial score (nSPS) is 10.9. The number of aromatic carboxylic acids is 1. The van der Waals surface area contributed by atoms with Crippen LogP contribution in [-0.2, 0) is 5.41 Å². The van der Waals surface area contributed by atoms with Gasteiger partial charge in [-0.3, -0.25) is 19.5 Å². The standard InChI is InChI=1S/C27H28N4O4.C10H7NO3/c1-27(2,16-28-25(32)17-5-6-19-15-29-31-22(19)13-17)20-8-10-21(11-9-20)30-26(33)18-7-12-23(34-3)24(14-18)35-4;12-9-7-4-2-1-3-6(7)5-8(11-9)10(13)14/h5-15H,16H2,1-4H3,(H,28,32)(H,29,31)(H,30,33);1-5H,(H,11,12)(H,13,14). The zero-order valence-electron chi connectivity index (χ0n) is 27.3. The molecule has 0 fully saturated rings. The largest absolute Gasteiger partial charge is 0.493 e. The van der Waals surface area contributed by atoms with Crippen LogP contribution in [0.25, 0.3) is 21.7 Å². The van der Waals surface area contributed by atoms with Crippen molar-refractivity contribution in [2.24, 2.45) is 0 Å². The number of rotatable bonds is 9. The van der Waals surface area contributed by atoms with Gasteiger partial charge < -0.3 is 30.2 Å². The van der Waals surface area contributed by atoms with Gasteiger partial charge in [0.2, 0.25) is 0 Å². The lowest BCUT2D eigenvalue weighted by molar-refractivity contribution is 0.0690. The number of carbonyl (C=O) groups is 3. The number of methoxy groups -OCH3 is 2. The summed E-state index contributed by atoms with van der Waals surface area (Å²) >= 11 is 0. The molecule has 4 aromatic carbocycles. The Kier molecular flexibility index (Phi) is 10.1. The first-order chi connectivity index (χ1) is 23.5. The first-order valence-electron chi connectivity index (χ1n) is 15.2. The Labute approximate surface area is 281 Å². The van der Waals surface area contributed by atoms with Crippen molar-refractivity contribution < 1.29 is 29.0 Å². The predicted octanol–water partition coefficient (Wildman–Crippen LogP) is 5.77. The van der Waals surface area contributed by atoms with Gasteiger partial charge in [-0.2, -0.15) is 5.10 Å². The zero-order chi connectivity index (χ0) is 35.1. The lowest BCUT2D eigenvalue weighted by Gasteiger charge is -2.26. The maximum Gasteiger partial charge on any atom is 0.352 e. The first kappa shape index (κ1) is 33.9. The number of hydrogen-bond donors (Lipinski definition) is 5. The molecule has 0 radical (unpaired) electrons. The van der Waals surface area contributed by atoms with E-state index in [1.54, 1.807) is 67.9 Å². The number of fused-ring (bicyclic) bond motifs is 2. The first-order valence-corrected chi connectivity index (χ1v) is 15.2. The van der Waals surface area contributed by atoms with E-state index in [0.29, 0.717) is 45.6 Å². The molecule has 12 nitrogen and oxygen atoms in total. The van der Waals surface area contributed by atoms with Crippen LogP contribution in [0.4, 0.5) is 5.69 Å². The molecule has 49 heavy (non-hydrogen) atoms. The number of aromatic amines is 2. The fraction of sp³-hybridized carbons (Fsp3) is 0.162. The number of nitrogens with zero attached hydrogens (tertiary/aromatic N) is 1. The Balaban J connectivity index is 0.000000278. The summed E-state index contributed by atoms with van der Waals surface area (Å²) in [4.78, 5) is 49.7. The van der Waals surface area contributed by atoms with E-state index in [1.165, 1.54) is 13.2 Å². The van der Waals surface area contributed by atoms with Gasteiger partial charge in [-0.25, -0.2) is 4.79 Å². The fourth-order valence-electron chi connectivity index (χ4n) is 5.10. The van der Waals surface area contributed by atoms with Crippen LogP contribution in [0.2, 0.25) is 0 Å². The summed E-state index contributed by atoms with van der Waals surface area (Å²) in [6, 6.07) is 26.4. The molecule has 0 aliphatic carbocycles. The van der Waals surface area contributed by atoms with Crippen molar-refractivity contribution in [2.75, 3.05) is 26.1 Å². The molecule has 2 amide bonds. The summed E-state index contributed by atoms with van der Waals surface area (Å²) in [5.74, 6) is -0.478. The Morgan fingerprint density at radius 1 is 0.816 bits per heavy atom. The molecule has 0 aliphatic heterocycles. The smallest absolute Gasteiger partial charge is 0.352 e. The van der Waals surface area contributed by atoms with Crippen molar-refractivity contribution in [3.63, 3.8) is 0 Å². The zero-order valence-corrected chi connectivity index (χ0v) is 27.3. The summed E-state index contributed by atoms with van der Waals surface area (Å²) in [7, 11) is 3.08. The van der Waals surface area contributed by atoms with Crippen LogP contribution >= 0.6 is 0 Å². The maximum absolute atomic E-state index is 12.7. The van der Waals surface area contributed by atoms with Crippen LogP contribution in [-0.4, -0.2) is 58.8 Å². The topological polar surface area (TPSA) is 176 Å². The second-order valence-corrected chi connectivity index (χ2v) is 11.7. The van der Waals surface area contributed by atoms with E-state index < -0.39 is 5.97 Å². The van der Waals surface area contributed by atoms with Crippen LogP contribution in [0.3, 0.4) is 0 Å². The average Bonchev–Trinajstić information content (AvgIpc) is 3.59. The fourth-order valence-corrected chi connectivity index (χ4v) is 5.10. The van der Waals surface area contributed by atoms with Crippen LogP contribution in [0.5, 0.6) is 11.5 Å². The number of carboxylic acid groups (broad SMARTS) is 1. The van der Waals surface area contributed by atoms with Crippen LogP contribution in [0.15, 0.2) is 102 Å². The summed E-state index contributed by atoms with van der Waals surface area (Å²) in [6.45, 7) is 4.56. The summed E-state index contributed by atoms with van der Waals surface area (Å²) in [5, 5.41) is 23.6. The minimum atomic E-state index is -1.13. The summed E-state index contributed by atoms with van der Waals surface area (Å²) in [6.07, 6.45) is 1.72. The van der Waals surface area contributed by atoms with Crippen molar-refractivity contribution in [3.8, 4) is 11.5 Å². The molecule has 5 N–H and O–H groups in total. The van der Waals surface area contributed by atoms with Crippen LogP contribution < -0.4 is 25.7 Å². The third kappa shape index (κ3) is 7.93. The quantitative estimate of drug-likeness (QED) is 0.130. The molecule has 0 aliphatic rings. The molecule has 0 atom stereocenters. The predicted molar refractivity (Wildman–Crippen MR) is 187 cm³/mol. The second kappa shape index (κ2) is 14.6. The van der Waals surface area contributed by atoms with Gasteiger partial charge in [-0.15, -0.1) is 0 Å². The number of benzene rings is 4. The summed E-state index contributed by atoms with van der Waals surface area (Å²) in [5.41, 5.74) is 2.78. The number of H-pyrrole nitrogens is 2. The van der Waals surface area contributed by atoms with Crippen molar-refractivity contribution in [1.82, 2.24) is 20.5 Å². The number of nitrogens with one attached hydrogen (secondary N) is 4. The van der Waals surface area contributed by atoms with E-state index in [0.717, 1.165) is 16.5 Å². The highest BCUT2D eigenvalue weighted by molar-refractivity contribution is 6.04. The van der Waals surface area contributed by atoms with Crippen LogP contribution in [0, 0.1) is 0 Å². The average molecular weight is 662 g/mol. The molecule has 0 bridgehead atoms. The Morgan fingerprint density at radius 3 is 2.22 bits per heavy atom. The SMILES string of the molecule is COc1ccc(C(=O)Nc2ccc(C(C)(C)CNC(=O)c3ccc4cn[nH]c4c3)cc2)cc1OC.O=C(O)c1cc2ccccc2c(=O)[nH]1. The molecule has 0 spiro atoms. The number of amides is 2. The molecular weight excluding hydrogens is 626 g/mol. The Hall–Kier alpha value is -6.43. The molecule has 0 unspecified atom stereocenters. The third-order valence-corrected chi connectivity index (χ3v) is 7.95. The van der Waals surface area contributed by atoms with E-state index in [9.17, 15) is 19.2 Å². The Morgan fingerprint density at radius 2 is 1.51 bits per heavy atom. The number of aromatic nitrogens is 3. The number of hydrogen-bond acceptors (Lipinski definition) is 7. The van der Waals surface area contributed by atoms with E-state index in [-0.39, 0.29) is 28.5 Å². The van der Waals surface area contributed by atoms with Crippen molar-refractivity contribution in [3.05, 3.63) is 130 Å². The van der Waals surface area contributed by atoms with E-state index in [2.05, 4.69) is 39.7 Å². The molecule has 250 valence electrons. The van der Waals surface area contributed by atoms with Gasteiger partial charge in [0, 0.05) is 39.5 Å². The van der Waals surface area contributed by atoms with Crippen LogP contribution in [0.1, 0.15) is 50.6 Å². The number of ether oxygens (including phenoxy) is 2. The van der Waals surface area contributed by atoms with E-state index in [4.69, 9.17) is 14.6 Å². The number of anilines is 1. The van der Waals surface area contributed by atoms with Gasteiger partial charge in [0.05, 0.1) is 25.9 Å². The molecule has 0 saturated heterocycles. The minimum Gasteiger partial charge on any atom is -0.493 e. The Bertz CT molecular complexity index is 2200. The van der Waals surface area contributed by atoms with Crippen molar-refractivity contribution in [1.29, 1.82) is 0 Å². The van der Waals surface area contributed by atoms with E-state index >= 15 is 0 Å². The van der Waals surface area contributed by atoms with Gasteiger partial charge in [-0.1, -0.05) is 50.2 Å². The summed E-state index contributed by atoms with van der Waals surface area (Å²) < 4.78 is 10.5. The second-order valence-electron chi connectivity index (χ2n) is 11.7. The molecular formula is C37H35N5O7.